The maximum absolute atomic E-state index is 11.8. The van der Waals surface area contributed by atoms with Gasteiger partial charge in [-0.1, -0.05) is 0 Å². The summed E-state index contributed by atoms with van der Waals surface area (Å²) in [4.78, 5) is 3.83. The van der Waals surface area contributed by atoms with Crippen molar-refractivity contribution in [2.24, 2.45) is 0 Å². The minimum absolute atomic E-state index is 0.0695. The summed E-state index contributed by atoms with van der Waals surface area (Å²) in [5.41, 5.74) is 0. The fraction of sp³-hybridized carbons (Fsp3) is 0.545. The second-order valence-corrected chi connectivity index (χ2v) is 5.74. The van der Waals surface area contributed by atoms with E-state index in [-0.39, 0.29) is 18.0 Å². The first-order chi connectivity index (χ1) is 9.74. The van der Waals surface area contributed by atoms with Gasteiger partial charge in [-0.2, -0.15) is 13.2 Å². The molecule has 21 heavy (non-hydrogen) atoms. The minimum atomic E-state index is -4.43. The van der Waals surface area contributed by atoms with Crippen LogP contribution in [-0.2, 0) is 14.8 Å². The van der Waals surface area contributed by atoms with Crippen LogP contribution in [-0.4, -0.2) is 45.9 Å². The molecule has 0 saturated heterocycles. The normalized spacial score (nSPS) is 12.4. The molecule has 6 nitrogen and oxygen atoms in total. The molecule has 0 aliphatic heterocycles. The number of aromatic nitrogens is 1. The highest BCUT2D eigenvalue weighted by Crippen LogP contribution is 2.14. The van der Waals surface area contributed by atoms with E-state index in [0.717, 1.165) is 6.20 Å². The van der Waals surface area contributed by atoms with Gasteiger partial charge in [0.25, 0.3) is 0 Å². The SMILES string of the molecule is CCNc1ccc(S(=O)(=O)NCCOCC(F)(F)F)cn1. The predicted octanol–water partition coefficient (Wildman–Crippen LogP) is 1.37. The fourth-order valence-corrected chi connectivity index (χ4v) is 2.30. The zero-order valence-corrected chi connectivity index (χ0v) is 12.1. The van der Waals surface area contributed by atoms with Crippen molar-refractivity contribution in [2.75, 3.05) is 31.6 Å². The third-order valence-corrected chi connectivity index (χ3v) is 3.66. The lowest BCUT2D eigenvalue weighted by Gasteiger charge is -2.09. The lowest BCUT2D eigenvalue weighted by Crippen LogP contribution is -2.29. The minimum Gasteiger partial charge on any atom is -0.371 e. The molecule has 0 fully saturated rings. The Morgan fingerprint density at radius 2 is 2.05 bits per heavy atom. The van der Waals surface area contributed by atoms with Gasteiger partial charge in [0.05, 0.1) is 6.61 Å². The van der Waals surface area contributed by atoms with Gasteiger partial charge in [-0.3, -0.25) is 0 Å². The number of nitrogens with zero attached hydrogens (tertiary/aromatic N) is 1. The van der Waals surface area contributed by atoms with Gasteiger partial charge in [-0.05, 0) is 19.1 Å². The number of alkyl halides is 3. The van der Waals surface area contributed by atoms with E-state index >= 15 is 0 Å². The number of ether oxygens (including phenoxy) is 1. The van der Waals surface area contributed by atoms with Crippen LogP contribution in [0.3, 0.4) is 0 Å². The van der Waals surface area contributed by atoms with Crippen LogP contribution < -0.4 is 10.0 Å². The van der Waals surface area contributed by atoms with Crippen LogP contribution in [0.1, 0.15) is 6.92 Å². The molecule has 0 amide bonds. The van der Waals surface area contributed by atoms with Crippen molar-refractivity contribution in [1.82, 2.24) is 9.71 Å². The molecule has 0 aliphatic carbocycles. The number of hydrogen-bond donors (Lipinski definition) is 2. The highest BCUT2D eigenvalue weighted by molar-refractivity contribution is 7.89. The van der Waals surface area contributed by atoms with Crippen LogP contribution in [0.2, 0.25) is 0 Å². The molecule has 0 bridgehead atoms. The third-order valence-electron chi connectivity index (χ3n) is 2.21. The van der Waals surface area contributed by atoms with E-state index in [1.165, 1.54) is 12.1 Å². The second-order valence-electron chi connectivity index (χ2n) is 3.98. The number of sulfonamides is 1. The predicted molar refractivity (Wildman–Crippen MR) is 70.5 cm³/mol. The van der Waals surface area contributed by atoms with Gasteiger partial charge >= 0.3 is 6.18 Å². The molecule has 0 unspecified atom stereocenters. The largest absolute Gasteiger partial charge is 0.411 e. The lowest BCUT2D eigenvalue weighted by molar-refractivity contribution is -0.173. The average Bonchev–Trinajstić information content (AvgIpc) is 2.38. The zero-order valence-electron chi connectivity index (χ0n) is 11.3. The quantitative estimate of drug-likeness (QED) is 0.705. The smallest absolute Gasteiger partial charge is 0.371 e. The molecule has 0 aliphatic rings. The van der Waals surface area contributed by atoms with Crippen LogP contribution in [0.15, 0.2) is 23.2 Å². The lowest BCUT2D eigenvalue weighted by atomic mass is 10.4. The number of rotatable bonds is 8. The molecule has 1 rings (SSSR count). The van der Waals surface area contributed by atoms with Crippen molar-refractivity contribution < 1.29 is 26.3 Å². The number of pyridine rings is 1. The second kappa shape index (κ2) is 7.57. The first-order valence-corrected chi connectivity index (χ1v) is 7.57. The van der Waals surface area contributed by atoms with Crippen LogP contribution in [0.5, 0.6) is 0 Å². The summed E-state index contributed by atoms with van der Waals surface area (Å²) in [5, 5.41) is 2.91. The Morgan fingerprint density at radius 1 is 1.33 bits per heavy atom. The van der Waals surface area contributed by atoms with Gasteiger partial charge in [0, 0.05) is 19.3 Å². The van der Waals surface area contributed by atoms with Gasteiger partial charge in [-0.15, -0.1) is 0 Å². The molecule has 0 atom stereocenters. The van der Waals surface area contributed by atoms with Crippen LogP contribution >= 0.6 is 0 Å². The first-order valence-electron chi connectivity index (χ1n) is 6.08. The molecule has 0 spiro atoms. The number of anilines is 1. The summed E-state index contributed by atoms with van der Waals surface area (Å²) in [6.07, 6.45) is -3.26. The van der Waals surface area contributed by atoms with E-state index in [4.69, 9.17) is 0 Å². The summed E-state index contributed by atoms with van der Waals surface area (Å²) in [6.45, 7) is 0.478. The first kappa shape index (κ1) is 17.7. The standard InChI is InChI=1S/C11H16F3N3O3S/c1-2-15-10-4-3-9(7-16-10)21(18,19)17-5-6-20-8-11(12,13)14/h3-4,7,17H,2,5-6,8H2,1H3,(H,15,16). The van der Waals surface area contributed by atoms with Gasteiger partial charge in [0.15, 0.2) is 0 Å². The molecule has 0 aromatic carbocycles. The Labute approximate surface area is 120 Å². The molecule has 0 saturated carbocycles. The van der Waals surface area contributed by atoms with Crippen molar-refractivity contribution >= 4 is 15.8 Å². The Bertz CT molecular complexity index is 532. The van der Waals surface area contributed by atoms with Crippen molar-refractivity contribution in [3.63, 3.8) is 0 Å². The van der Waals surface area contributed by atoms with Crippen LogP contribution in [0, 0.1) is 0 Å². The van der Waals surface area contributed by atoms with Gasteiger partial charge in [0.1, 0.15) is 17.3 Å². The maximum Gasteiger partial charge on any atom is 0.411 e. The molecule has 10 heteroatoms. The molecule has 0 radical (unpaired) electrons. The Hall–Kier alpha value is -1.39. The molecule has 1 heterocycles. The molecular formula is C11H16F3N3O3S. The van der Waals surface area contributed by atoms with Crippen molar-refractivity contribution in [2.45, 2.75) is 18.0 Å². The van der Waals surface area contributed by atoms with Crippen LogP contribution in [0.25, 0.3) is 0 Å². The Morgan fingerprint density at radius 3 is 2.57 bits per heavy atom. The van der Waals surface area contributed by atoms with E-state index in [0.29, 0.717) is 12.4 Å². The Balaban J connectivity index is 2.46. The molecule has 1 aromatic heterocycles. The van der Waals surface area contributed by atoms with E-state index in [1.54, 1.807) is 0 Å². The number of halogens is 3. The van der Waals surface area contributed by atoms with Gasteiger partial charge in [0.2, 0.25) is 10.0 Å². The molecule has 120 valence electrons. The summed E-state index contributed by atoms with van der Waals surface area (Å²) < 4.78 is 65.5. The van der Waals surface area contributed by atoms with E-state index in [1.807, 2.05) is 6.92 Å². The molecular weight excluding hydrogens is 311 g/mol. The van der Waals surface area contributed by atoms with Gasteiger partial charge < -0.3 is 10.1 Å². The van der Waals surface area contributed by atoms with Gasteiger partial charge in [-0.25, -0.2) is 18.1 Å². The topological polar surface area (TPSA) is 80.3 Å². The molecule has 2 N–H and O–H groups in total. The summed E-state index contributed by atoms with van der Waals surface area (Å²) >= 11 is 0. The zero-order chi connectivity index (χ0) is 15.9. The number of hydrogen-bond acceptors (Lipinski definition) is 5. The monoisotopic (exact) mass is 327 g/mol. The van der Waals surface area contributed by atoms with E-state index < -0.39 is 22.8 Å². The summed E-state index contributed by atoms with van der Waals surface area (Å²) in [6, 6.07) is 2.85. The van der Waals surface area contributed by atoms with Crippen molar-refractivity contribution in [3.8, 4) is 0 Å². The third kappa shape index (κ3) is 6.74. The number of nitrogens with one attached hydrogen (secondary N) is 2. The van der Waals surface area contributed by atoms with Crippen molar-refractivity contribution in [1.29, 1.82) is 0 Å². The average molecular weight is 327 g/mol. The highest BCUT2D eigenvalue weighted by atomic mass is 32.2. The van der Waals surface area contributed by atoms with Crippen LogP contribution in [0.4, 0.5) is 19.0 Å². The summed E-state index contributed by atoms with van der Waals surface area (Å²) in [7, 11) is -3.81. The van der Waals surface area contributed by atoms with E-state index in [9.17, 15) is 21.6 Å². The van der Waals surface area contributed by atoms with E-state index in [2.05, 4.69) is 19.8 Å². The van der Waals surface area contributed by atoms with Crippen molar-refractivity contribution in [3.05, 3.63) is 18.3 Å². The highest BCUT2D eigenvalue weighted by Gasteiger charge is 2.27. The fourth-order valence-electron chi connectivity index (χ4n) is 1.34. The summed E-state index contributed by atoms with van der Waals surface area (Å²) in [5.74, 6) is 0.532. The maximum atomic E-state index is 11.8. The Kier molecular flexibility index (Phi) is 6.37. The molecule has 1 aromatic rings.